The molecule has 2 aromatic rings. The number of rotatable bonds is 2. The fourth-order valence-corrected chi connectivity index (χ4v) is 1.61. The summed E-state index contributed by atoms with van der Waals surface area (Å²) in [6.07, 6.45) is 0. The van der Waals surface area contributed by atoms with Crippen molar-refractivity contribution in [3.05, 3.63) is 65.0 Å². The first-order valence-electron chi connectivity index (χ1n) is 5.25. The summed E-state index contributed by atoms with van der Waals surface area (Å²) in [5, 5.41) is 0. The van der Waals surface area contributed by atoms with Gasteiger partial charge >= 0.3 is 0 Å². The van der Waals surface area contributed by atoms with Crippen LogP contribution in [-0.4, -0.2) is 5.78 Å². The van der Waals surface area contributed by atoms with Crippen molar-refractivity contribution in [2.75, 3.05) is 5.73 Å². The van der Waals surface area contributed by atoms with Gasteiger partial charge in [0, 0.05) is 11.3 Å². The number of aryl methyl sites for hydroxylation is 1. The normalized spacial score (nSPS) is 10.2. The highest BCUT2D eigenvalue weighted by molar-refractivity contribution is 6.09. The van der Waals surface area contributed by atoms with Crippen LogP contribution in [0, 0.1) is 12.7 Å². The van der Waals surface area contributed by atoms with Crippen LogP contribution < -0.4 is 5.73 Å². The Kier molecular flexibility index (Phi) is 2.91. The number of anilines is 1. The molecule has 0 saturated heterocycles. The average molecular weight is 229 g/mol. The quantitative estimate of drug-likeness (QED) is 0.635. The zero-order valence-corrected chi connectivity index (χ0v) is 9.41. The van der Waals surface area contributed by atoms with Gasteiger partial charge in [0.2, 0.25) is 0 Å². The SMILES string of the molecule is Cc1cccc(C(=O)c2ccc(N)cc2)c1F. The maximum Gasteiger partial charge on any atom is 0.195 e. The zero-order valence-electron chi connectivity index (χ0n) is 9.41. The summed E-state index contributed by atoms with van der Waals surface area (Å²) in [4.78, 5) is 12.0. The van der Waals surface area contributed by atoms with Gasteiger partial charge in [-0.2, -0.15) is 0 Å². The van der Waals surface area contributed by atoms with Crippen LogP contribution in [0.3, 0.4) is 0 Å². The fourth-order valence-electron chi connectivity index (χ4n) is 1.61. The summed E-state index contributed by atoms with van der Waals surface area (Å²) in [6, 6.07) is 11.2. The van der Waals surface area contributed by atoms with Gasteiger partial charge in [0.15, 0.2) is 5.78 Å². The van der Waals surface area contributed by atoms with E-state index in [-0.39, 0.29) is 11.3 Å². The smallest absolute Gasteiger partial charge is 0.195 e. The second-order valence-corrected chi connectivity index (χ2v) is 3.89. The van der Waals surface area contributed by atoms with Crippen molar-refractivity contribution in [1.29, 1.82) is 0 Å². The van der Waals surface area contributed by atoms with Crippen molar-refractivity contribution in [1.82, 2.24) is 0 Å². The number of ketones is 1. The molecule has 2 N–H and O–H groups in total. The van der Waals surface area contributed by atoms with Crippen molar-refractivity contribution >= 4 is 11.5 Å². The standard InChI is InChI=1S/C14H12FNO/c1-9-3-2-4-12(13(9)15)14(17)10-5-7-11(16)8-6-10/h2-8H,16H2,1H3. The monoisotopic (exact) mass is 229 g/mol. The fraction of sp³-hybridized carbons (Fsp3) is 0.0714. The molecule has 2 aromatic carbocycles. The van der Waals surface area contributed by atoms with Gasteiger partial charge in [0.25, 0.3) is 0 Å². The van der Waals surface area contributed by atoms with Crippen LogP contribution in [0.25, 0.3) is 0 Å². The molecule has 0 unspecified atom stereocenters. The number of halogens is 1. The number of nitrogen functional groups attached to an aromatic ring is 1. The number of benzene rings is 2. The van der Waals surface area contributed by atoms with E-state index < -0.39 is 5.82 Å². The van der Waals surface area contributed by atoms with Crippen molar-refractivity contribution < 1.29 is 9.18 Å². The number of hydrogen-bond acceptors (Lipinski definition) is 2. The molecule has 0 spiro atoms. The average Bonchev–Trinajstić information content (AvgIpc) is 2.33. The first-order valence-corrected chi connectivity index (χ1v) is 5.25. The predicted octanol–water partition coefficient (Wildman–Crippen LogP) is 2.95. The van der Waals surface area contributed by atoms with Crippen LogP contribution in [0.15, 0.2) is 42.5 Å². The van der Waals surface area contributed by atoms with Crippen LogP contribution in [0.4, 0.5) is 10.1 Å². The molecule has 0 fully saturated rings. The van der Waals surface area contributed by atoms with E-state index in [1.54, 1.807) is 43.3 Å². The Bertz CT molecular complexity index is 561. The number of carbonyl (C=O) groups is 1. The Morgan fingerprint density at radius 2 is 1.76 bits per heavy atom. The molecule has 2 nitrogen and oxygen atoms in total. The zero-order chi connectivity index (χ0) is 12.4. The maximum absolute atomic E-state index is 13.8. The van der Waals surface area contributed by atoms with Gasteiger partial charge in [-0.1, -0.05) is 12.1 Å². The van der Waals surface area contributed by atoms with E-state index in [1.165, 1.54) is 6.07 Å². The molecule has 0 atom stereocenters. The third-order valence-corrected chi connectivity index (χ3v) is 2.61. The summed E-state index contributed by atoms with van der Waals surface area (Å²) in [7, 11) is 0. The van der Waals surface area contributed by atoms with E-state index in [0.717, 1.165) is 0 Å². The molecule has 3 heteroatoms. The summed E-state index contributed by atoms with van der Waals surface area (Å²) in [6.45, 7) is 1.63. The van der Waals surface area contributed by atoms with E-state index in [9.17, 15) is 9.18 Å². The lowest BCUT2D eigenvalue weighted by Gasteiger charge is -2.05. The van der Waals surface area contributed by atoms with Crippen molar-refractivity contribution in [3.8, 4) is 0 Å². The largest absolute Gasteiger partial charge is 0.399 e. The topological polar surface area (TPSA) is 43.1 Å². The number of nitrogens with two attached hydrogens (primary N) is 1. The van der Waals surface area contributed by atoms with Crippen LogP contribution in [0.2, 0.25) is 0 Å². The highest BCUT2D eigenvalue weighted by Gasteiger charge is 2.14. The molecule has 0 bridgehead atoms. The van der Waals surface area contributed by atoms with Gasteiger partial charge in [-0.3, -0.25) is 4.79 Å². The Labute approximate surface area is 98.9 Å². The minimum Gasteiger partial charge on any atom is -0.399 e. The van der Waals surface area contributed by atoms with E-state index in [2.05, 4.69) is 0 Å². The molecule has 0 aliphatic heterocycles. The predicted molar refractivity (Wildman–Crippen MR) is 65.4 cm³/mol. The first kappa shape index (κ1) is 11.3. The number of hydrogen-bond donors (Lipinski definition) is 1. The highest BCUT2D eigenvalue weighted by atomic mass is 19.1. The summed E-state index contributed by atoms with van der Waals surface area (Å²) in [5.74, 6) is -0.791. The molecule has 0 heterocycles. The Morgan fingerprint density at radius 1 is 1.12 bits per heavy atom. The molecule has 0 aromatic heterocycles. The molecular weight excluding hydrogens is 217 g/mol. The van der Waals surface area contributed by atoms with Gasteiger partial charge in [0.1, 0.15) is 5.82 Å². The summed E-state index contributed by atoms with van der Waals surface area (Å²) < 4.78 is 13.8. The molecule has 0 aliphatic carbocycles. The maximum atomic E-state index is 13.8. The van der Waals surface area contributed by atoms with Gasteiger partial charge in [0.05, 0.1) is 5.56 Å². The molecule has 86 valence electrons. The molecule has 0 aliphatic rings. The van der Waals surface area contributed by atoms with Gasteiger partial charge in [-0.25, -0.2) is 4.39 Å². The van der Waals surface area contributed by atoms with E-state index >= 15 is 0 Å². The van der Waals surface area contributed by atoms with Crippen molar-refractivity contribution in [2.24, 2.45) is 0 Å². The van der Waals surface area contributed by atoms with E-state index in [0.29, 0.717) is 16.8 Å². The van der Waals surface area contributed by atoms with Crippen LogP contribution in [-0.2, 0) is 0 Å². The van der Waals surface area contributed by atoms with Crippen molar-refractivity contribution in [3.63, 3.8) is 0 Å². The molecular formula is C14H12FNO. The first-order chi connectivity index (χ1) is 8.09. The van der Waals surface area contributed by atoms with E-state index in [1.807, 2.05) is 0 Å². The molecule has 17 heavy (non-hydrogen) atoms. The highest BCUT2D eigenvalue weighted by Crippen LogP contribution is 2.17. The van der Waals surface area contributed by atoms with Gasteiger partial charge in [-0.15, -0.1) is 0 Å². The molecule has 0 amide bonds. The van der Waals surface area contributed by atoms with Crippen LogP contribution >= 0.6 is 0 Å². The molecule has 0 radical (unpaired) electrons. The second kappa shape index (κ2) is 4.37. The van der Waals surface area contributed by atoms with Crippen molar-refractivity contribution in [2.45, 2.75) is 6.92 Å². The Hall–Kier alpha value is -2.16. The Morgan fingerprint density at radius 3 is 2.41 bits per heavy atom. The van der Waals surface area contributed by atoms with Crippen LogP contribution in [0.5, 0.6) is 0 Å². The lowest BCUT2D eigenvalue weighted by molar-refractivity contribution is 0.103. The molecule has 2 rings (SSSR count). The summed E-state index contributed by atoms with van der Waals surface area (Å²) >= 11 is 0. The third-order valence-electron chi connectivity index (χ3n) is 2.61. The van der Waals surface area contributed by atoms with Crippen LogP contribution in [0.1, 0.15) is 21.5 Å². The van der Waals surface area contributed by atoms with Gasteiger partial charge < -0.3 is 5.73 Å². The third kappa shape index (κ3) is 2.18. The summed E-state index contributed by atoms with van der Waals surface area (Å²) in [5.41, 5.74) is 7.10. The van der Waals surface area contributed by atoms with E-state index in [4.69, 9.17) is 5.73 Å². The lowest BCUT2D eigenvalue weighted by Crippen LogP contribution is -2.05. The second-order valence-electron chi connectivity index (χ2n) is 3.89. The van der Waals surface area contributed by atoms with Gasteiger partial charge in [-0.05, 0) is 42.8 Å². The number of carbonyl (C=O) groups excluding carboxylic acids is 1. The minimum absolute atomic E-state index is 0.0924. The molecule has 0 saturated carbocycles. The lowest BCUT2D eigenvalue weighted by atomic mass is 10.0. The Balaban J connectivity index is 2.44. The minimum atomic E-state index is -0.464.